The van der Waals surface area contributed by atoms with Gasteiger partial charge in [-0.15, -0.1) is 12.4 Å². The zero-order valence-corrected chi connectivity index (χ0v) is 9.93. The molecule has 2 rings (SSSR count). The third-order valence-corrected chi connectivity index (χ3v) is 2.64. The van der Waals surface area contributed by atoms with Crippen molar-refractivity contribution in [2.45, 2.75) is 25.5 Å². The van der Waals surface area contributed by atoms with Crippen molar-refractivity contribution >= 4 is 12.4 Å². The zero-order chi connectivity index (χ0) is 10.5. The van der Waals surface area contributed by atoms with E-state index in [0.717, 1.165) is 31.7 Å². The van der Waals surface area contributed by atoms with E-state index in [1.54, 1.807) is 12.1 Å². The second-order valence-corrected chi connectivity index (χ2v) is 3.89. The highest BCUT2D eigenvalue weighted by Gasteiger charge is 2.14. The summed E-state index contributed by atoms with van der Waals surface area (Å²) in [5, 5.41) is 3.32. The SMILES string of the molecule is Cl.Fc1ccc(CNCC2CCCO2)cc1. The minimum absolute atomic E-state index is 0. The van der Waals surface area contributed by atoms with Crippen molar-refractivity contribution in [3.8, 4) is 0 Å². The van der Waals surface area contributed by atoms with Crippen LogP contribution in [0, 0.1) is 5.82 Å². The van der Waals surface area contributed by atoms with Crippen LogP contribution < -0.4 is 5.32 Å². The molecule has 0 aliphatic carbocycles. The Kier molecular flexibility index (Phi) is 5.74. The van der Waals surface area contributed by atoms with E-state index in [4.69, 9.17) is 4.74 Å². The van der Waals surface area contributed by atoms with Crippen LogP contribution in [0.25, 0.3) is 0 Å². The molecule has 1 aromatic carbocycles. The van der Waals surface area contributed by atoms with Crippen molar-refractivity contribution in [1.82, 2.24) is 5.32 Å². The molecule has 0 amide bonds. The maximum atomic E-state index is 12.6. The Morgan fingerprint density at radius 1 is 1.31 bits per heavy atom. The van der Waals surface area contributed by atoms with Crippen molar-refractivity contribution in [3.05, 3.63) is 35.6 Å². The van der Waals surface area contributed by atoms with Crippen LogP contribution in [0.3, 0.4) is 0 Å². The predicted octanol–water partition coefficient (Wildman–Crippen LogP) is 2.52. The molecule has 1 fully saturated rings. The van der Waals surface area contributed by atoms with Crippen molar-refractivity contribution in [3.63, 3.8) is 0 Å². The zero-order valence-electron chi connectivity index (χ0n) is 9.12. The number of benzene rings is 1. The summed E-state index contributed by atoms with van der Waals surface area (Å²) in [6.07, 6.45) is 2.68. The normalized spacial score (nSPS) is 19.4. The third kappa shape index (κ3) is 4.08. The summed E-state index contributed by atoms with van der Waals surface area (Å²) < 4.78 is 18.1. The number of hydrogen-bond donors (Lipinski definition) is 1. The second-order valence-electron chi connectivity index (χ2n) is 3.89. The minimum atomic E-state index is -0.183. The van der Waals surface area contributed by atoms with E-state index in [-0.39, 0.29) is 18.2 Å². The van der Waals surface area contributed by atoms with E-state index in [1.807, 2.05) is 0 Å². The molecule has 90 valence electrons. The fourth-order valence-electron chi connectivity index (χ4n) is 1.79. The van der Waals surface area contributed by atoms with Gasteiger partial charge in [-0.05, 0) is 30.5 Å². The lowest BCUT2D eigenvalue weighted by molar-refractivity contribution is 0.110. The summed E-state index contributed by atoms with van der Waals surface area (Å²) >= 11 is 0. The van der Waals surface area contributed by atoms with Crippen LogP contribution in [0.15, 0.2) is 24.3 Å². The highest BCUT2D eigenvalue weighted by molar-refractivity contribution is 5.85. The van der Waals surface area contributed by atoms with Gasteiger partial charge in [0.1, 0.15) is 5.82 Å². The molecule has 16 heavy (non-hydrogen) atoms. The number of halogens is 2. The molecule has 1 unspecified atom stereocenters. The van der Waals surface area contributed by atoms with Crippen molar-refractivity contribution < 1.29 is 9.13 Å². The molecule has 2 nitrogen and oxygen atoms in total. The molecule has 0 aromatic heterocycles. The molecule has 0 radical (unpaired) electrons. The van der Waals surface area contributed by atoms with Crippen LogP contribution in [-0.4, -0.2) is 19.3 Å². The molecule has 1 saturated heterocycles. The standard InChI is InChI=1S/C12H16FNO.ClH/c13-11-5-3-10(4-6-11)8-14-9-12-2-1-7-15-12;/h3-6,12,14H,1-2,7-9H2;1H. The molecule has 0 bridgehead atoms. The Labute approximate surface area is 102 Å². The largest absolute Gasteiger partial charge is 0.377 e. The van der Waals surface area contributed by atoms with Crippen molar-refractivity contribution in [2.75, 3.05) is 13.2 Å². The molecule has 1 aromatic rings. The Morgan fingerprint density at radius 2 is 2.06 bits per heavy atom. The van der Waals surface area contributed by atoms with Gasteiger partial charge in [-0.2, -0.15) is 0 Å². The van der Waals surface area contributed by atoms with Crippen LogP contribution in [0.5, 0.6) is 0 Å². The Balaban J connectivity index is 0.00000128. The maximum Gasteiger partial charge on any atom is 0.123 e. The molecule has 4 heteroatoms. The average Bonchev–Trinajstić information content (AvgIpc) is 2.74. The molecule has 1 aliphatic rings. The highest BCUT2D eigenvalue weighted by atomic mass is 35.5. The van der Waals surface area contributed by atoms with Crippen LogP contribution in [0.1, 0.15) is 18.4 Å². The summed E-state index contributed by atoms with van der Waals surface area (Å²) in [4.78, 5) is 0. The molecule has 1 aliphatic heterocycles. The van der Waals surface area contributed by atoms with Crippen LogP contribution in [-0.2, 0) is 11.3 Å². The van der Waals surface area contributed by atoms with E-state index in [1.165, 1.54) is 18.6 Å². The summed E-state index contributed by atoms with van der Waals surface area (Å²) in [6.45, 7) is 2.56. The van der Waals surface area contributed by atoms with E-state index in [2.05, 4.69) is 5.32 Å². The first-order chi connectivity index (χ1) is 7.34. The highest BCUT2D eigenvalue weighted by Crippen LogP contribution is 2.10. The lowest BCUT2D eigenvalue weighted by Gasteiger charge is -2.10. The van der Waals surface area contributed by atoms with Crippen LogP contribution >= 0.6 is 12.4 Å². The van der Waals surface area contributed by atoms with Crippen LogP contribution in [0.2, 0.25) is 0 Å². The van der Waals surface area contributed by atoms with Gasteiger partial charge in [0.05, 0.1) is 6.10 Å². The van der Waals surface area contributed by atoms with Crippen molar-refractivity contribution in [2.24, 2.45) is 0 Å². The maximum absolute atomic E-state index is 12.6. The average molecular weight is 246 g/mol. The molecule has 1 N–H and O–H groups in total. The first kappa shape index (κ1) is 13.4. The van der Waals surface area contributed by atoms with E-state index < -0.39 is 0 Å². The number of nitrogens with one attached hydrogen (secondary N) is 1. The summed E-state index contributed by atoms with van der Waals surface area (Å²) in [7, 11) is 0. The van der Waals surface area contributed by atoms with Gasteiger partial charge < -0.3 is 10.1 Å². The molecule has 1 atom stereocenters. The molecular formula is C12H17ClFNO. The first-order valence-electron chi connectivity index (χ1n) is 5.41. The van der Waals surface area contributed by atoms with E-state index in [9.17, 15) is 4.39 Å². The Hall–Kier alpha value is -0.640. The van der Waals surface area contributed by atoms with Gasteiger partial charge in [0.25, 0.3) is 0 Å². The van der Waals surface area contributed by atoms with Gasteiger partial charge in [0, 0.05) is 19.7 Å². The molecule has 0 spiro atoms. The molecule has 1 heterocycles. The van der Waals surface area contributed by atoms with Crippen molar-refractivity contribution in [1.29, 1.82) is 0 Å². The van der Waals surface area contributed by atoms with E-state index >= 15 is 0 Å². The van der Waals surface area contributed by atoms with Crippen LogP contribution in [0.4, 0.5) is 4.39 Å². The van der Waals surface area contributed by atoms with E-state index in [0.29, 0.717) is 6.10 Å². The fourth-order valence-corrected chi connectivity index (χ4v) is 1.79. The first-order valence-corrected chi connectivity index (χ1v) is 5.41. The molecule has 0 saturated carbocycles. The quantitative estimate of drug-likeness (QED) is 0.880. The van der Waals surface area contributed by atoms with Gasteiger partial charge in [-0.3, -0.25) is 0 Å². The monoisotopic (exact) mass is 245 g/mol. The predicted molar refractivity (Wildman–Crippen MR) is 64.3 cm³/mol. The Morgan fingerprint density at radius 3 is 2.69 bits per heavy atom. The lowest BCUT2D eigenvalue weighted by atomic mass is 10.2. The minimum Gasteiger partial charge on any atom is -0.377 e. The summed E-state index contributed by atoms with van der Waals surface area (Å²) in [5.74, 6) is -0.183. The topological polar surface area (TPSA) is 21.3 Å². The number of hydrogen-bond acceptors (Lipinski definition) is 2. The summed E-state index contributed by atoms with van der Waals surface area (Å²) in [6, 6.07) is 6.59. The van der Waals surface area contributed by atoms with Gasteiger partial charge in [-0.1, -0.05) is 12.1 Å². The number of ether oxygens (including phenoxy) is 1. The van der Waals surface area contributed by atoms with Gasteiger partial charge >= 0.3 is 0 Å². The van der Waals surface area contributed by atoms with Gasteiger partial charge in [0.15, 0.2) is 0 Å². The van der Waals surface area contributed by atoms with Gasteiger partial charge in [0.2, 0.25) is 0 Å². The third-order valence-electron chi connectivity index (χ3n) is 2.64. The lowest BCUT2D eigenvalue weighted by Crippen LogP contribution is -2.25. The summed E-state index contributed by atoms with van der Waals surface area (Å²) in [5.41, 5.74) is 1.11. The number of rotatable bonds is 4. The molecular weight excluding hydrogens is 229 g/mol. The Bertz CT molecular complexity index is 298. The second kappa shape index (κ2) is 6.84. The fraction of sp³-hybridized carbons (Fsp3) is 0.500. The van der Waals surface area contributed by atoms with Gasteiger partial charge in [-0.25, -0.2) is 4.39 Å². The smallest absolute Gasteiger partial charge is 0.123 e.